The Balaban J connectivity index is 1.89. The van der Waals surface area contributed by atoms with E-state index < -0.39 is 45.0 Å². The smallest absolute Gasteiger partial charge is 0.387 e. The first-order chi connectivity index (χ1) is 11.2. The molecule has 14 heteroatoms. The number of nitrogens with zero attached hydrogens (tertiary/aromatic N) is 4. The van der Waals surface area contributed by atoms with Crippen molar-refractivity contribution in [2.45, 2.75) is 24.5 Å². The van der Waals surface area contributed by atoms with Crippen LogP contribution >= 0.6 is 7.82 Å². The highest BCUT2D eigenvalue weighted by molar-refractivity contribution is 7.46. The molecule has 2 aromatic rings. The molecular formula is C10H13FN5O7P. The van der Waals surface area contributed by atoms with Crippen molar-refractivity contribution in [2.24, 2.45) is 0 Å². The Hall–Kier alpha value is -1.73. The number of imidazole rings is 1. The van der Waals surface area contributed by atoms with Crippen molar-refractivity contribution in [3.8, 4) is 0 Å². The number of nitrogen functional groups attached to an aromatic ring is 1. The number of fused-ring (bicyclic) bond motifs is 1. The molecule has 2 unspecified atom stereocenters. The predicted octanol–water partition coefficient (Wildman–Crippen LogP) is -1.72. The SMILES string of the molecule is Nc1nc(F)nc2c1ncn2[C@@H]1O[C@H](COP(=O)(O)O)C(O)C1O. The number of ether oxygens (including phenoxy) is 1. The van der Waals surface area contributed by atoms with E-state index in [-0.39, 0.29) is 17.0 Å². The number of phosphoric acid groups is 1. The van der Waals surface area contributed by atoms with Crippen LogP contribution in [0.25, 0.3) is 11.2 Å². The van der Waals surface area contributed by atoms with E-state index in [1.165, 1.54) is 0 Å². The summed E-state index contributed by atoms with van der Waals surface area (Å²) in [7, 11) is -4.78. The number of anilines is 1. The van der Waals surface area contributed by atoms with Crippen LogP contribution in [0.15, 0.2) is 6.33 Å². The molecule has 4 atom stereocenters. The summed E-state index contributed by atoms with van der Waals surface area (Å²) in [5.74, 6) is -0.217. The standard InChI is InChI=1S/C10H13FN5O7P/c11-10-14-7(12)4-8(15-10)16(2-13-4)9-6(18)5(17)3(23-9)1-22-24(19,20)21/h2-3,5-6,9,17-18H,1H2,(H2,12,14,15)(H2,19,20,21)/t3-,5?,6?,9-/m1/s1. The van der Waals surface area contributed by atoms with E-state index in [1.807, 2.05) is 0 Å². The lowest BCUT2D eigenvalue weighted by atomic mass is 10.1. The summed E-state index contributed by atoms with van der Waals surface area (Å²) in [4.78, 5) is 28.1. The molecule has 3 rings (SSSR count). The maximum atomic E-state index is 13.3. The molecule has 132 valence electrons. The van der Waals surface area contributed by atoms with Crippen molar-refractivity contribution in [3.05, 3.63) is 12.4 Å². The molecule has 0 amide bonds. The number of aliphatic hydroxyl groups excluding tert-OH is 2. The van der Waals surface area contributed by atoms with Crippen molar-refractivity contribution < 1.29 is 38.2 Å². The Morgan fingerprint density at radius 2 is 2.08 bits per heavy atom. The fraction of sp³-hybridized carbons (Fsp3) is 0.500. The van der Waals surface area contributed by atoms with Crippen molar-refractivity contribution in [1.29, 1.82) is 0 Å². The first kappa shape index (κ1) is 17.1. The molecule has 0 aliphatic carbocycles. The van der Waals surface area contributed by atoms with Crippen LogP contribution in [0.3, 0.4) is 0 Å². The number of rotatable bonds is 4. The van der Waals surface area contributed by atoms with Crippen LogP contribution in [-0.4, -0.2) is 64.4 Å². The zero-order valence-corrected chi connectivity index (χ0v) is 12.7. The number of aliphatic hydroxyl groups is 2. The summed E-state index contributed by atoms with van der Waals surface area (Å²) in [6, 6.07) is 0. The van der Waals surface area contributed by atoms with Gasteiger partial charge in [0.15, 0.2) is 23.2 Å². The van der Waals surface area contributed by atoms with Crippen LogP contribution < -0.4 is 5.73 Å². The zero-order chi connectivity index (χ0) is 17.6. The second-order valence-electron chi connectivity index (χ2n) is 5.03. The molecule has 24 heavy (non-hydrogen) atoms. The molecule has 0 bridgehead atoms. The van der Waals surface area contributed by atoms with Crippen LogP contribution in [0.1, 0.15) is 6.23 Å². The quantitative estimate of drug-likeness (QED) is 0.306. The molecule has 12 nitrogen and oxygen atoms in total. The minimum atomic E-state index is -4.78. The van der Waals surface area contributed by atoms with Crippen LogP contribution in [-0.2, 0) is 13.8 Å². The van der Waals surface area contributed by atoms with Gasteiger partial charge in [-0.2, -0.15) is 14.4 Å². The highest BCUT2D eigenvalue weighted by Gasteiger charge is 2.45. The first-order valence-corrected chi connectivity index (χ1v) is 8.07. The van der Waals surface area contributed by atoms with Gasteiger partial charge in [-0.15, -0.1) is 0 Å². The fourth-order valence-electron chi connectivity index (χ4n) is 2.36. The topological polar surface area (TPSA) is 186 Å². The lowest BCUT2D eigenvalue weighted by molar-refractivity contribution is -0.0504. The molecule has 0 aromatic carbocycles. The minimum Gasteiger partial charge on any atom is -0.387 e. The molecule has 1 aliphatic rings. The molecule has 0 spiro atoms. The van der Waals surface area contributed by atoms with Gasteiger partial charge in [0.05, 0.1) is 12.9 Å². The Labute approximate surface area is 132 Å². The molecule has 1 saturated heterocycles. The molecule has 1 aliphatic heterocycles. The van der Waals surface area contributed by atoms with Crippen molar-refractivity contribution >= 4 is 24.8 Å². The van der Waals surface area contributed by atoms with Crippen LogP contribution in [0, 0.1) is 6.08 Å². The molecule has 2 aromatic heterocycles. The predicted molar refractivity (Wildman–Crippen MR) is 73.6 cm³/mol. The van der Waals surface area contributed by atoms with Crippen LogP contribution in [0.5, 0.6) is 0 Å². The monoisotopic (exact) mass is 365 g/mol. The Kier molecular flexibility index (Phi) is 4.25. The minimum absolute atomic E-state index is 0.0663. The molecular weight excluding hydrogens is 352 g/mol. The van der Waals surface area contributed by atoms with E-state index in [0.29, 0.717) is 0 Å². The first-order valence-electron chi connectivity index (χ1n) is 6.54. The number of phosphoric ester groups is 1. The summed E-state index contributed by atoms with van der Waals surface area (Å²) >= 11 is 0. The van der Waals surface area contributed by atoms with Crippen molar-refractivity contribution in [3.63, 3.8) is 0 Å². The second-order valence-corrected chi connectivity index (χ2v) is 6.27. The summed E-state index contributed by atoms with van der Waals surface area (Å²) in [6.45, 7) is -0.670. The Morgan fingerprint density at radius 1 is 1.38 bits per heavy atom. The van der Waals surface area contributed by atoms with Gasteiger partial charge in [0, 0.05) is 0 Å². The second kappa shape index (κ2) is 5.97. The average Bonchev–Trinajstić information content (AvgIpc) is 3.00. The molecule has 1 fully saturated rings. The van der Waals surface area contributed by atoms with Gasteiger partial charge in [-0.1, -0.05) is 0 Å². The third-order valence-electron chi connectivity index (χ3n) is 3.44. The summed E-state index contributed by atoms with van der Waals surface area (Å²) in [6.07, 6.45) is -5.46. The van der Waals surface area contributed by atoms with Gasteiger partial charge >= 0.3 is 13.9 Å². The van der Waals surface area contributed by atoms with E-state index in [2.05, 4.69) is 19.5 Å². The van der Waals surface area contributed by atoms with Gasteiger partial charge in [-0.05, 0) is 0 Å². The summed E-state index contributed by atoms with van der Waals surface area (Å²) in [5.41, 5.74) is 5.52. The molecule has 0 saturated carbocycles. The molecule has 3 heterocycles. The number of aromatic nitrogens is 4. The highest BCUT2D eigenvalue weighted by Crippen LogP contribution is 2.38. The third-order valence-corrected chi connectivity index (χ3v) is 3.92. The number of hydrogen-bond acceptors (Lipinski definition) is 9. The maximum absolute atomic E-state index is 13.3. The van der Waals surface area contributed by atoms with Crippen LogP contribution in [0.4, 0.5) is 10.2 Å². The van der Waals surface area contributed by atoms with Crippen molar-refractivity contribution in [2.75, 3.05) is 12.3 Å². The van der Waals surface area contributed by atoms with Gasteiger partial charge in [-0.3, -0.25) is 9.09 Å². The maximum Gasteiger partial charge on any atom is 0.469 e. The van der Waals surface area contributed by atoms with E-state index in [0.717, 1.165) is 10.9 Å². The van der Waals surface area contributed by atoms with Gasteiger partial charge in [0.1, 0.15) is 18.3 Å². The summed E-state index contributed by atoms with van der Waals surface area (Å²) < 4.78 is 34.8. The molecule has 6 N–H and O–H groups in total. The highest BCUT2D eigenvalue weighted by atomic mass is 31.2. The number of hydrogen-bond donors (Lipinski definition) is 5. The molecule has 0 radical (unpaired) electrons. The third kappa shape index (κ3) is 3.10. The van der Waals surface area contributed by atoms with E-state index in [9.17, 15) is 19.2 Å². The van der Waals surface area contributed by atoms with Gasteiger partial charge in [-0.25, -0.2) is 9.55 Å². The van der Waals surface area contributed by atoms with Gasteiger partial charge in [0.25, 0.3) is 0 Å². The van der Waals surface area contributed by atoms with E-state index >= 15 is 0 Å². The van der Waals surface area contributed by atoms with Gasteiger partial charge in [0.2, 0.25) is 0 Å². The fourth-order valence-corrected chi connectivity index (χ4v) is 2.71. The van der Waals surface area contributed by atoms with Gasteiger partial charge < -0.3 is 30.5 Å². The van der Waals surface area contributed by atoms with E-state index in [4.69, 9.17) is 20.3 Å². The number of nitrogens with two attached hydrogens (primary N) is 1. The largest absolute Gasteiger partial charge is 0.469 e. The zero-order valence-electron chi connectivity index (χ0n) is 11.8. The van der Waals surface area contributed by atoms with E-state index in [1.54, 1.807) is 0 Å². The normalized spacial score (nSPS) is 27.9. The number of halogens is 1. The average molecular weight is 365 g/mol. The Bertz CT molecular complexity index is 812. The van der Waals surface area contributed by atoms with Crippen LogP contribution in [0.2, 0.25) is 0 Å². The lowest BCUT2D eigenvalue weighted by Crippen LogP contribution is -2.33. The Morgan fingerprint density at radius 3 is 2.75 bits per heavy atom. The van der Waals surface area contributed by atoms with Crippen molar-refractivity contribution in [1.82, 2.24) is 19.5 Å². The summed E-state index contributed by atoms with van der Waals surface area (Å²) in [5, 5.41) is 20.0. The lowest BCUT2D eigenvalue weighted by Gasteiger charge is -2.16.